The number of carbonyl (C=O) groups excluding carboxylic acids is 1. The SMILES string of the molecule is C[C@@H](Cl)C(=O)Nc1nnc(-c2ccccc2)s1. The van der Waals surface area contributed by atoms with Gasteiger partial charge in [0, 0.05) is 5.56 Å². The zero-order valence-corrected chi connectivity index (χ0v) is 10.6. The predicted molar refractivity (Wildman–Crippen MR) is 69.3 cm³/mol. The van der Waals surface area contributed by atoms with Crippen molar-refractivity contribution in [3.8, 4) is 10.6 Å². The molecular weight excluding hydrogens is 258 g/mol. The molecule has 0 spiro atoms. The summed E-state index contributed by atoms with van der Waals surface area (Å²) >= 11 is 6.97. The molecule has 0 unspecified atom stereocenters. The Morgan fingerprint density at radius 1 is 1.35 bits per heavy atom. The number of amides is 1. The van der Waals surface area contributed by atoms with E-state index in [0.29, 0.717) is 5.13 Å². The molecule has 0 bridgehead atoms. The highest BCUT2D eigenvalue weighted by molar-refractivity contribution is 7.18. The van der Waals surface area contributed by atoms with E-state index in [9.17, 15) is 4.79 Å². The van der Waals surface area contributed by atoms with E-state index in [-0.39, 0.29) is 5.91 Å². The summed E-state index contributed by atoms with van der Waals surface area (Å²) < 4.78 is 0. The molecule has 4 nitrogen and oxygen atoms in total. The predicted octanol–water partition coefficient (Wildman–Crippen LogP) is 2.77. The van der Waals surface area contributed by atoms with Crippen molar-refractivity contribution in [2.24, 2.45) is 0 Å². The first-order valence-electron chi connectivity index (χ1n) is 5.00. The van der Waals surface area contributed by atoms with Crippen LogP contribution in [-0.4, -0.2) is 21.5 Å². The number of aromatic nitrogens is 2. The van der Waals surface area contributed by atoms with E-state index in [0.717, 1.165) is 10.6 Å². The summed E-state index contributed by atoms with van der Waals surface area (Å²) in [4.78, 5) is 11.4. The van der Waals surface area contributed by atoms with Gasteiger partial charge in [-0.05, 0) is 6.92 Å². The number of alkyl halides is 1. The maximum absolute atomic E-state index is 11.4. The number of hydrogen-bond donors (Lipinski definition) is 1. The maximum Gasteiger partial charge on any atom is 0.243 e. The average molecular weight is 268 g/mol. The molecule has 17 heavy (non-hydrogen) atoms. The van der Waals surface area contributed by atoms with Crippen molar-refractivity contribution in [2.45, 2.75) is 12.3 Å². The van der Waals surface area contributed by atoms with Gasteiger partial charge < -0.3 is 0 Å². The van der Waals surface area contributed by atoms with E-state index in [1.54, 1.807) is 6.92 Å². The van der Waals surface area contributed by atoms with Crippen molar-refractivity contribution in [3.63, 3.8) is 0 Å². The van der Waals surface area contributed by atoms with Crippen LogP contribution in [0.1, 0.15) is 6.92 Å². The quantitative estimate of drug-likeness (QED) is 0.870. The van der Waals surface area contributed by atoms with Gasteiger partial charge in [0.25, 0.3) is 0 Å². The number of nitrogens with zero attached hydrogens (tertiary/aromatic N) is 2. The second-order valence-electron chi connectivity index (χ2n) is 3.38. The molecule has 0 aliphatic rings. The summed E-state index contributed by atoms with van der Waals surface area (Å²) in [6.07, 6.45) is 0. The number of hydrogen-bond acceptors (Lipinski definition) is 4. The van der Waals surface area contributed by atoms with Crippen molar-refractivity contribution >= 4 is 34.0 Å². The van der Waals surface area contributed by atoms with Crippen LogP contribution in [0.15, 0.2) is 30.3 Å². The molecule has 1 N–H and O–H groups in total. The van der Waals surface area contributed by atoms with Crippen molar-refractivity contribution < 1.29 is 4.79 Å². The Kier molecular flexibility index (Phi) is 3.71. The molecule has 1 amide bonds. The Morgan fingerprint density at radius 3 is 2.71 bits per heavy atom. The number of rotatable bonds is 3. The van der Waals surface area contributed by atoms with Gasteiger partial charge in [-0.25, -0.2) is 0 Å². The lowest BCUT2D eigenvalue weighted by molar-refractivity contribution is -0.115. The van der Waals surface area contributed by atoms with E-state index in [1.165, 1.54) is 11.3 Å². The van der Waals surface area contributed by atoms with Crippen molar-refractivity contribution in [1.29, 1.82) is 0 Å². The molecule has 0 fully saturated rings. The molecule has 2 rings (SSSR count). The van der Waals surface area contributed by atoms with E-state index in [2.05, 4.69) is 15.5 Å². The number of nitrogens with one attached hydrogen (secondary N) is 1. The van der Waals surface area contributed by atoms with E-state index in [4.69, 9.17) is 11.6 Å². The largest absolute Gasteiger partial charge is 0.299 e. The maximum atomic E-state index is 11.4. The molecule has 1 aromatic heterocycles. The van der Waals surface area contributed by atoms with Gasteiger partial charge in [-0.15, -0.1) is 21.8 Å². The molecule has 88 valence electrons. The van der Waals surface area contributed by atoms with Crippen LogP contribution in [-0.2, 0) is 4.79 Å². The van der Waals surface area contributed by atoms with Crippen LogP contribution in [0.25, 0.3) is 10.6 Å². The molecule has 0 aliphatic carbocycles. The molecule has 1 atom stereocenters. The topological polar surface area (TPSA) is 54.9 Å². The highest BCUT2D eigenvalue weighted by Gasteiger charge is 2.12. The van der Waals surface area contributed by atoms with E-state index in [1.807, 2.05) is 30.3 Å². The first-order chi connectivity index (χ1) is 8.16. The van der Waals surface area contributed by atoms with E-state index < -0.39 is 5.38 Å². The Labute approximate surface area is 108 Å². The molecule has 1 aromatic carbocycles. The fourth-order valence-corrected chi connectivity index (χ4v) is 1.98. The lowest BCUT2D eigenvalue weighted by Gasteiger charge is -2.00. The molecule has 0 aliphatic heterocycles. The van der Waals surface area contributed by atoms with Crippen molar-refractivity contribution in [2.75, 3.05) is 5.32 Å². The first-order valence-corrected chi connectivity index (χ1v) is 6.26. The highest BCUT2D eigenvalue weighted by Crippen LogP contribution is 2.25. The van der Waals surface area contributed by atoms with Gasteiger partial charge >= 0.3 is 0 Å². The van der Waals surface area contributed by atoms with E-state index >= 15 is 0 Å². The van der Waals surface area contributed by atoms with Crippen molar-refractivity contribution in [1.82, 2.24) is 10.2 Å². The molecule has 1 heterocycles. The van der Waals surface area contributed by atoms with Gasteiger partial charge in [0.1, 0.15) is 10.4 Å². The first kappa shape index (κ1) is 12.0. The summed E-state index contributed by atoms with van der Waals surface area (Å²) in [6, 6.07) is 9.67. The van der Waals surface area contributed by atoms with Crippen LogP contribution in [0, 0.1) is 0 Å². The molecule has 2 aromatic rings. The summed E-state index contributed by atoms with van der Waals surface area (Å²) in [6.45, 7) is 1.61. The molecule has 0 saturated carbocycles. The van der Waals surface area contributed by atoms with Crippen LogP contribution in [0.4, 0.5) is 5.13 Å². The van der Waals surface area contributed by atoms with Crippen LogP contribution >= 0.6 is 22.9 Å². The van der Waals surface area contributed by atoms with Gasteiger partial charge in [0.15, 0.2) is 0 Å². The van der Waals surface area contributed by atoms with Gasteiger partial charge in [0.05, 0.1) is 0 Å². The molecule has 6 heteroatoms. The minimum absolute atomic E-state index is 0.276. The Balaban J connectivity index is 2.14. The smallest absolute Gasteiger partial charge is 0.243 e. The number of halogens is 1. The summed E-state index contributed by atoms with van der Waals surface area (Å²) in [5.74, 6) is -0.276. The number of anilines is 1. The zero-order valence-electron chi connectivity index (χ0n) is 9.05. The molecular formula is C11H10ClN3OS. The summed E-state index contributed by atoms with van der Waals surface area (Å²) in [5.41, 5.74) is 0.976. The minimum atomic E-state index is -0.584. The number of carbonyl (C=O) groups is 1. The lowest BCUT2D eigenvalue weighted by atomic mass is 10.2. The third-order valence-electron chi connectivity index (χ3n) is 2.04. The Morgan fingerprint density at radius 2 is 2.06 bits per heavy atom. The Bertz CT molecular complexity index is 512. The normalized spacial score (nSPS) is 12.1. The van der Waals surface area contributed by atoms with Gasteiger partial charge in [0.2, 0.25) is 11.0 Å². The Hall–Kier alpha value is -1.46. The highest BCUT2D eigenvalue weighted by atomic mass is 35.5. The third-order valence-corrected chi connectivity index (χ3v) is 3.12. The third kappa shape index (κ3) is 3.01. The second-order valence-corrected chi connectivity index (χ2v) is 5.02. The zero-order chi connectivity index (χ0) is 12.3. The lowest BCUT2D eigenvalue weighted by Crippen LogP contribution is -2.20. The van der Waals surface area contributed by atoms with Crippen LogP contribution in [0.5, 0.6) is 0 Å². The monoisotopic (exact) mass is 267 g/mol. The standard InChI is InChI=1S/C11H10ClN3OS/c1-7(12)9(16)13-11-15-14-10(17-11)8-5-3-2-4-6-8/h2-7H,1H3,(H,13,15,16)/t7-/m1/s1. The fourth-order valence-electron chi connectivity index (χ4n) is 1.18. The summed E-state index contributed by atoms with van der Waals surface area (Å²) in [5, 5.41) is 11.2. The minimum Gasteiger partial charge on any atom is -0.299 e. The molecule has 0 radical (unpaired) electrons. The molecule has 0 saturated heterocycles. The van der Waals surface area contributed by atoms with Crippen LogP contribution < -0.4 is 5.32 Å². The fraction of sp³-hybridized carbons (Fsp3) is 0.182. The van der Waals surface area contributed by atoms with Crippen molar-refractivity contribution in [3.05, 3.63) is 30.3 Å². The second kappa shape index (κ2) is 5.25. The van der Waals surface area contributed by atoms with Gasteiger partial charge in [-0.2, -0.15) is 0 Å². The van der Waals surface area contributed by atoms with Gasteiger partial charge in [-0.3, -0.25) is 10.1 Å². The summed E-state index contributed by atoms with van der Waals surface area (Å²) in [7, 11) is 0. The number of benzene rings is 1. The van der Waals surface area contributed by atoms with Crippen LogP contribution in [0.3, 0.4) is 0 Å². The van der Waals surface area contributed by atoms with Crippen LogP contribution in [0.2, 0.25) is 0 Å². The average Bonchev–Trinajstić information content (AvgIpc) is 2.78. The van der Waals surface area contributed by atoms with Gasteiger partial charge in [-0.1, -0.05) is 41.7 Å².